The summed E-state index contributed by atoms with van der Waals surface area (Å²) in [4.78, 5) is 20.4. The Kier molecular flexibility index (Phi) is 3.54. The van der Waals surface area contributed by atoms with Gasteiger partial charge in [0.1, 0.15) is 5.75 Å². The summed E-state index contributed by atoms with van der Waals surface area (Å²) in [6, 6.07) is 3.51. The van der Waals surface area contributed by atoms with Crippen molar-refractivity contribution in [2.75, 3.05) is 0 Å². The van der Waals surface area contributed by atoms with Gasteiger partial charge >= 0.3 is 0 Å². The normalized spacial score (nSPS) is 10.3. The lowest BCUT2D eigenvalue weighted by atomic mass is 10.2. The molecular formula is C9H9N3O4. The number of nitro benzene ring substituents is 1. The van der Waals surface area contributed by atoms with Crippen LogP contribution < -0.4 is 5.43 Å². The summed E-state index contributed by atoms with van der Waals surface area (Å²) in [5, 5.41) is 23.3. The van der Waals surface area contributed by atoms with Gasteiger partial charge in [-0.05, 0) is 6.07 Å². The molecule has 1 aromatic carbocycles. The number of hydrazone groups is 1. The molecule has 0 aliphatic rings. The van der Waals surface area contributed by atoms with Crippen LogP contribution in [-0.2, 0) is 4.79 Å². The van der Waals surface area contributed by atoms with Crippen LogP contribution >= 0.6 is 0 Å². The molecule has 7 heteroatoms. The summed E-state index contributed by atoms with van der Waals surface area (Å²) in [6.45, 7) is 1.27. The van der Waals surface area contributed by atoms with Crippen LogP contribution in [0.5, 0.6) is 5.75 Å². The molecule has 1 amide bonds. The van der Waals surface area contributed by atoms with E-state index in [4.69, 9.17) is 0 Å². The van der Waals surface area contributed by atoms with Gasteiger partial charge in [0.15, 0.2) is 0 Å². The highest BCUT2D eigenvalue weighted by atomic mass is 16.6. The molecule has 0 heterocycles. The van der Waals surface area contributed by atoms with Crippen LogP contribution in [0.15, 0.2) is 23.3 Å². The smallest absolute Gasteiger partial charge is 0.270 e. The zero-order valence-corrected chi connectivity index (χ0v) is 8.38. The van der Waals surface area contributed by atoms with E-state index < -0.39 is 4.92 Å². The average Bonchev–Trinajstić information content (AvgIpc) is 2.20. The van der Waals surface area contributed by atoms with Crippen molar-refractivity contribution in [3.05, 3.63) is 33.9 Å². The van der Waals surface area contributed by atoms with E-state index in [1.54, 1.807) is 0 Å². The number of rotatable bonds is 3. The fourth-order valence-corrected chi connectivity index (χ4v) is 0.952. The van der Waals surface area contributed by atoms with Gasteiger partial charge in [-0.15, -0.1) is 0 Å². The summed E-state index contributed by atoms with van der Waals surface area (Å²) < 4.78 is 0. The first-order valence-electron chi connectivity index (χ1n) is 4.28. The first kappa shape index (κ1) is 11.6. The van der Waals surface area contributed by atoms with E-state index in [1.807, 2.05) is 0 Å². The Balaban J connectivity index is 2.94. The first-order chi connectivity index (χ1) is 7.50. The molecule has 0 unspecified atom stereocenters. The molecule has 84 valence electrons. The Morgan fingerprint density at radius 1 is 1.62 bits per heavy atom. The third-order valence-corrected chi connectivity index (χ3v) is 1.65. The molecule has 0 fully saturated rings. The van der Waals surface area contributed by atoms with Gasteiger partial charge in [-0.3, -0.25) is 14.9 Å². The molecule has 0 aliphatic heterocycles. The molecule has 0 spiro atoms. The van der Waals surface area contributed by atoms with Gasteiger partial charge in [0.2, 0.25) is 5.91 Å². The number of phenolic OH excluding ortho intramolecular Hbond substituents is 1. The quantitative estimate of drug-likeness (QED) is 0.448. The monoisotopic (exact) mass is 223 g/mol. The van der Waals surface area contributed by atoms with E-state index in [0.717, 1.165) is 12.3 Å². The van der Waals surface area contributed by atoms with Crippen molar-refractivity contribution in [2.45, 2.75) is 6.92 Å². The Morgan fingerprint density at radius 2 is 2.31 bits per heavy atom. The highest BCUT2D eigenvalue weighted by Gasteiger charge is 2.08. The Bertz CT molecular complexity index is 456. The second kappa shape index (κ2) is 4.87. The van der Waals surface area contributed by atoms with Crippen LogP contribution in [0.1, 0.15) is 12.5 Å². The van der Waals surface area contributed by atoms with Gasteiger partial charge in [-0.25, -0.2) is 5.43 Å². The van der Waals surface area contributed by atoms with Crippen LogP contribution in [0.3, 0.4) is 0 Å². The lowest BCUT2D eigenvalue weighted by molar-refractivity contribution is -0.384. The second-order valence-corrected chi connectivity index (χ2v) is 2.93. The predicted octanol–water partition coefficient (Wildman–Crippen LogP) is 0.770. The molecule has 0 bridgehead atoms. The van der Waals surface area contributed by atoms with Crippen molar-refractivity contribution in [3.8, 4) is 5.75 Å². The molecule has 0 saturated heterocycles. The van der Waals surface area contributed by atoms with Gasteiger partial charge in [0.05, 0.1) is 11.1 Å². The van der Waals surface area contributed by atoms with Crippen molar-refractivity contribution in [3.63, 3.8) is 0 Å². The molecule has 16 heavy (non-hydrogen) atoms. The predicted molar refractivity (Wildman–Crippen MR) is 56.2 cm³/mol. The van der Waals surface area contributed by atoms with Crippen molar-refractivity contribution in [2.24, 2.45) is 5.10 Å². The van der Waals surface area contributed by atoms with Crippen molar-refractivity contribution < 1.29 is 14.8 Å². The maximum Gasteiger partial charge on any atom is 0.270 e. The molecule has 1 aromatic rings. The van der Waals surface area contributed by atoms with E-state index in [1.165, 1.54) is 19.1 Å². The molecule has 0 aliphatic carbocycles. The number of hydrogen-bond donors (Lipinski definition) is 2. The van der Waals surface area contributed by atoms with Crippen LogP contribution in [0.4, 0.5) is 5.69 Å². The van der Waals surface area contributed by atoms with Gasteiger partial charge in [-0.2, -0.15) is 5.10 Å². The molecule has 1 rings (SSSR count). The minimum Gasteiger partial charge on any atom is -0.507 e. The van der Waals surface area contributed by atoms with Crippen molar-refractivity contribution in [1.29, 1.82) is 0 Å². The maximum absolute atomic E-state index is 10.5. The number of benzene rings is 1. The molecular weight excluding hydrogens is 214 g/mol. The molecule has 0 radical (unpaired) electrons. The van der Waals surface area contributed by atoms with E-state index in [2.05, 4.69) is 10.5 Å². The number of hydrogen-bond acceptors (Lipinski definition) is 5. The molecule has 7 nitrogen and oxygen atoms in total. The van der Waals surface area contributed by atoms with Gasteiger partial charge in [-0.1, -0.05) is 0 Å². The van der Waals surface area contributed by atoms with E-state index in [9.17, 15) is 20.0 Å². The number of nitrogens with zero attached hydrogens (tertiary/aromatic N) is 2. The van der Waals surface area contributed by atoms with Crippen LogP contribution in [-0.4, -0.2) is 22.2 Å². The summed E-state index contributed by atoms with van der Waals surface area (Å²) >= 11 is 0. The van der Waals surface area contributed by atoms with Gasteiger partial charge in [0, 0.05) is 24.6 Å². The average molecular weight is 223 g/mol. The molecule has 2 N–H and O–H groups in total. The van der Waals surface area contributed by atoms with Crippen LogP contribution in [0.2, 0.25) is 0 Å². The number of carbonyl (C=O) groups excluding carboxylic acids is 1. The Labute approximate surface area is 90.6 Å². The lowest BCUT2D eigenvalue weighted by Gasteiger charge is -1.98. The summed E-state index contributed by atoms with van der Waals surface area (Å²) in [5.74, 6) is -0.527. The van der Waals surface area contributed by atoms with Gasteiger partial charge < -0.3 is 5.11 Å². The van der Waals surface area contributed by atoms with Crippen molar-refractivity contribution >= 4 is 17.8 Å². The lowest BCUT2D eigenvalue weighted by Crippen LogP contribution is -2.12. The van der Waals surface area contributed by atoms with Gasteiger partial charge in [0.25, 0.3) is 5.69 Å². The number of non-ortho nitro benzene ring substituents is 1. The zero-order chi connectivity index (χ0) is 12.1. The highest BCUT2D eigenvalue weighted by Crippen LogP contribution is 2.20. The van der Waals surface area contributed by atoms with Crippen LogP contribution in [0.25, 0.3) is 0 Å². The second-order valence-electron chi connectivity index (χ2n) is 2.93. The third-order valence-electron chi connectivity index (χ3n) is 1.65. The van der Waals surface area contributed by atoms with Crippen molar-refractivity contribution in [1.82, 2.24) is 5.43 Å². The number of amides is 1. The summed E-state index contributed by atoms with van der Waals surface area (Å²) in [7, 11) is 0. The number of aromatic hydroxyl groups is 1. The minimum absolute atomic E-state index is 0.153. The standard InChI is InChI=1S/C9H9N3O4/c1-6(13)11-10-5-7-4-8(12(15)16)2-3-9(7)14/h2-5,14H,1H3,(H,11,13)/b10-5-. The minimum atomic E-state index is -0.588. The SMILES string of the molecule is CC(=O)N/N=C\c1cc([N+](=O)[O-])ccc1O. The largest absolute Gasteiger partial charge is 0.507 e. The van der Waals surface area contributed by atoms with E-state index in [0.29, 0.717) is 0 Å². The first-order valence-corrected chi connectivity index (χ1v) is 4.28. The summed E-state index contributed by atoms with van der Waals surface area (Å²) in [5.41, 5.74) is 2.11. The maximum atomic E-state index is 10.5. The number of nitrogens with one attached hydrogen (secondary N) is 1. The summed E-state index contributed by atoms with van der Waals surface area (Å²) in [6.07, 6.45) is 1.13. The fourth-order valence-electron chi connectivity index (χ4n) is 0.952. The molecule has 0 aromatic heterocycles. The number of carbonyl (C=O) groups is 1. The topological polar surface area (TPSA) is 105 Å². The third kappa shape index (κ3) is 3.05. The number of nitro groups is 1. The fraction of sp³-hybridized carbons (Fsp3) is 0.111. The van der Waals surface area contributed by atoms with E-state index in [-0.39, 0.29) is 22.9 Å². The number of phenols is 1. The molecule has 0 atom stereocenters. The van der Waals surface area contributed by atoms with E-state index >= 15 is 0 Å². The molecule has 0 saturated carbocycles. The zero-order valence-electron chi connectivity index (χ0n) is 8.38. The highest BCUT2D eigenvalue weighted by molar-refractivity contribution is 5.85. The Morgan fingerprint density at radius 3 is 2.88 bits per heavy atom. The van der Waals surface area contributed by atoms with Crippen LogP contribution in [0, 0.1) is 10.1 Å². The Hall–Kier alpha value is -2.44.